The highest BCUT2D eigenvalue weighted by atomic mass is 16.5. The van der Waals surface area contributed by atoms with Crippen LogP contribution in [-0.4, -0.2) is 53.4 Å². The van der Waals surface area contributed by atoms with Gasteiger partial charge < -0.3 is 15.4 Å². The lowest BCUT2D eigenvalue weighted by Gasteiger charge is -2.22. The number of ether oxygens (including phenoxy) is 1. The van der Waals surface area contributed by atoms with Gasteiger partial charge in [0.2, 0.25) is 0 Å². The number of carbonyl (C=O) groups is 4. The molecule has 0 aromatic rings. The number of urea groups is 1. The molecule has 136 valence electrons. The van der Waals surface area contributed by atoms with E-state index in [1.807, 2.05) is 13.8 Å². The van der Waals surface area contributed by atoms with Crippen molar-refractivity contribution in [2.45, 2.75) is 65.0 Å². The molecule has 0 aromatic carbocycles. The smallest absolute Gasteiger partial charge is 0.326 e. The van der Waals surface area contributed by atoms with Crippen molar-refractivity contribution < 1.29 is 23.9 Å². The second-order valence-corrected chi connectivity index (χ2v) is 5.85. The molecule has 0 radical (unpaired) electrons. The first kappa shape index (κ1) is 19.9. The third kappa shape index (κ3) is 4.46. The topological polar surface area (TPSA) is 105 Å². The standard InChI is InChI=1S/C16H27N3O5/c1-5-11(6-2)17-12(20)10-24-13(21)9-19-14(22)16(7-3,8-4)18-15(19)23/h11H,5-10H2,1-4H3,(H,17,20)(H,18,23). The highest BCUT2D eigenvalue weighted by Gasteiger charge is 2.49. The Hall–Kier alpha value is -2.12. The van der Waals surface area contributed by atoms with Crippen molar-refractivity contribution in [3.8, 4) is 0 Å². The van der Waals surface area contributed by atoms with E-state index >= 15 is 0 Å². The van der Waals surface area contributed by atoms with Crippen LogP contribution < -0.4 is 10.6 Å². The maximum atomic E-state index is 12.4. The van der Waals surface area contributed by atoms with Crippen molar-refractivity contribution in [3.63, 3.8) is 0 Å². The average molecular weight is 341 g/mol. The van der Waals surface area contributed by atoms with E-state index in [0.29, 0.717) is 12.8 Å². The molecule has 0 spiro atoms. The molecule has 0 aliphatic carbocycles. The molecule has 0 saturated carbocycles. The molecular weight excluding hydrogens is 314 g/mol. The lowest BCUT2D eigenvalue weighted by atomic mass is 9.93. The predicted octanol–water partition coefficient (Wildman–Crippen LogP) is 0.945. The van der Waals surface area contributed by atoms with Crippen molar-refractivity contribution >= 4 is 23.8 Å². The Bertz CT molecular complexity index is 498. The number of nitrogens with one attached hydrogen (secondary N) is 2. The van der Waals surface area contributed by atoms with Gasteiger partial charge in [-0.2, -0.15) is 0 Å². The summed E-state index contributed by atoms with van der Waals surface area (Å²) in [7, 11) is 0. The molecule has 0 unspecified atom stereocenters. The van der Waals surface area contributed by atoms with E-state index in [0.717, 1.165) is 17.7 Å². The molecule has 8 heteroatoms. The van der Waals surface area contributed by atoms with Crippen LogP contribution in [0.5, 0.6) is 0 Å². The molecule has 24 heavy (non-hydrogen) atoms. The molecule has 0 bridgehead atoms. The number of hydrogen-bond donors (Lipinski definition) is 2. The fourth-order valence-corrected chi connectivity index (χ4v) is 2.63. The monoisotopic (exact) mass is 341 g/mol. The minimum absolute atomic E-state index is 0.0388. The Kier molecular flexibility index (Phi) is 7.18. The quantitative estimate of drug-likeness (QED) is 0.480. The summed E-state index contributed by atoms with van der Waals surface area (Å²) in [6.07, 6.45) is 2.46. The van der Waals surface area contributed by atoms with E-state index < -0.39 is 42.5 Å². The number of nitrogens with zero attached hydrogens (tertiary/aromatic N) is 1. The zero-order valence-electron chi connectivity index (χ0n) is 14.8. The van der Waals surface area contributed by atoms with Gasteiger partial charge in [0.1, 0.15) is 12.1 Å². The molecule has 8 nitrogen and oxygen atoms in total. The second-order valence-electron chi connectivity index (χ2n) is 5.85. The lowest BCUT2D eigenvalue weighted by molar-refractivity contribution is -0.151. The van der Waals surface area contributed by atoms with Crippen LogP contribution in [0.25, 0.3) is 0 Å². The van der Waals surface area contributed by atoms with Gasteiger partial charge in [0.25, 0.3) is 11.8 Å². The summed E-state index contributed by atoms with van der Waals surface area (Å²) in [5.41, 5.74) is -0.954. The predicted molar refractivity (Wildman–Crippen MR) is 87.0 cm³/mol. The Morgan fingerprint density at radius 3 is 2.21 bits per heavy atom. The number of esters is 1. The van der Waals surface area contributed by atoms with Gasteiger partial charge in [0.15, 0.2) is 6.61 Å². The van der Waals surface area contributed by atoms with Gasteiger partial charge in [0, 0.05) is 6.04 Å². The van der Waals surface area contributed by atoms with Gasteiger partial charge in [-0.3, -0.25) is 19.3 Å². The minimum Gasteiger partial charge on any atom is -0.454 e. The van der Waals surface area contributed by atoms with Crippen molar-refractivity contribution in [3.05, 3.63) is 0 Å². The van der Waals surface area contributed by atoms with Crippen molar-refractivity contribution in [2.24, 2.45) is 0 Å². The summed E-state index contributed by atoms with van der Waals surface area (Å²) in [4.78, 5) is 48.6. The SMILES string of the molecule is CCC(CC)NC(=O)COC(=O)CN1C(=O)NC(CC)(CC)C1=O. The molecule has 1 heterocycles. The zero-order valence-corrected chi connectivity index (χ0v) is 14.8. The molecule has 1 aliphatic rings. The fraction of sp³-hybridized carbons (Fsp3) is 0.750. The minimum atomic E-state index is -0.954. The molecule has 0 aromatic heterocycles. The van der Waals surface area contributed by atoms with Crippen LogP contribution in [-0.2, 0) is 19.1 Å². The summed E-state index contributed by atoms with van der Waals surface area (Å²) in [6, 6.07) is -0.570. The highest BCUT2D eigenvalue weighted by Crippen LogP contribution is 2.24. The van der Waals surface area contributed by atoms with Gasteiger partial charge >= 0.3 is 12.0 Å². The van der Waals surface area contributed by atoms with E-state index in [1.54, 1.807) is 13.8 Å². The van der Waals surface area contributed by atoms with Crippen LogP contribution in [0.3, 0.4) is 0 Å². The van der Waals surface area contributed by atoms with Crippen LogP contribution in [0.2, 0.25) is 0 Å². The van der Waals surface area contributed by atoms with Gasteiger partial charge in [-0.15, -0.1) is 0 Å². The summed E-state index contributed by atoms with van der Waals surface area (Å²) in [6.45, 7) is 6.57. The number of amides is 4. The maximum absolute atomic E-state index is 12.4. The van der Waals surface area contributed by atoms with Crippen LogP contribution in [0.4, 0.5) is 4.79 Å². The number of imide groups is 1. The molecule has 2 N–H and O–H groups in total. The molecular formula is C16H27N3O5. The Morgan fingerprint density at radius 1 is 1.17 bits per heavy atom. The number of hydrogen-bond acceptors (Lipinski definition) is 5. The van der Waals surface area contributed by atoms with Gasteiger partial charge in [-0.1, -0.05) is 27.7 Å². The van der Waals surface area contributed by atoms with Crippen molar-refractivity contribution in [1.29, 1.82) is 0 Å². The molecule has 0 atom stereocenters. The van der Waals surface area contributed by atoms with Crippen LogP contribution in [0.1, 0.15) is 53.4 Å². The molecule has 1 aliphatic heterocycles. The Labute approximate surface area is 142 Å². The van der Waals surface area contributed by atoms with E-state index in [1.165, 1.54) is 0 Å². The van der Waals surface area contributed by atoms with Gasteiger partial charge in [0.05, 0.1) is 0 Å². The molecule has 4 amide bonds. The van der Waals surface area contributed by atoms with Crippen LogP contribution >= 0.6 is 0 Å². The Balaban J connectivity index is 2.52. The Morgan fingerprint density at radius 2 is 1.75 bits per heavy atom. The first-order chi connectivity index (χ1) is 11.3. The summed E-state index contributed by atoms with van der Waals surface area (Å²) in [5.74, 6) is -1.62. The van der Waals surface area contributed by atoms with E-state index in [2.05, 4.69) is 10.6 Å². The van der Waals surface area contributed by atoms with Gasteiger partial charge in [-0.25, -0.2) is 4.79 Å². The summed E-state index contributed by atoms with van der Waals surface area (Å²) in [5, 5.41) is 5.37. The van der Waals surface area contributed by atoms with Crippen molar-refractivity contribution in [2.75, 3.05) is 13.2 Å². The van der Waals surface area contributed by atoms with Crippen LogP contribution in [0, 0.1) is 0 Å². The summed E-state index contributed by atoms with van der Waals surface area (Å²) < 4.78 is 4.86. The van der Waals surface area contributed by atoms with Gasteiger partial charge in [-0.05, 0) is 25.7 Å². The fourth-order valence-electron chi connectivity index (χ4n) is 2.63. The second kappa shape index (κ2) is 8.65. The van der Waals surface area contributed by atoms with Crippen molar-refractivity contribution in [1.82, 2.24) is 15.5 Å². The first-order valence-corrected chi connectivity index (χ1v) is 8.42. The molecule has 1 fully saturated rings. The van der Waals surface area contributed by atoms with Crippen LogP contribution in [0.15, 0.2) is 0 Å². The highest BCUT2D eigenvalue weighted by molar-refractivity contribution is 6.08. The third-order valence-corrected chi connectivity index (χ3v) is 4.46. The number of carbonyl (C=O) groups excluding carboxylic acids is 4. The summed E-state index contributed by atoms with van der Waals surface area (Å²) >= 11 is 0. The lowest BCUT2D eigenvalue weighted by Crippen LogP contribution is -2.46. The molecule has 1 saturated heterocycles. The zero-order chi connectivity index (χ0) is 18.3. The first-order valence-electron chi connectivity index (χ1n) is 8.42. The normalized spacial score (nSPS) is 16.3. The maximum Gasteiger partial charge on any atom is 0.326 e. The van der Waals surface area contributed by atoms with E-state index in [9.17, 15) is 19.2 Å². The third-order valence-electron chi connectivity index (χ3n) is 4.46. The van der Waals surface area contributed by atoms with E-state index in [-0.39, 0.29) is 6.04 Å². The largest absolute Gasteiger partial charge is 0.454 e. The molecule has 1 rings (SSSR count). The average Bonchev–Trinajstić information content (AvgIpc) is 2.82. The van der Waals surface area contributed by atoms with E-state index in [4.69, 9.17) is 4.74 Å². The number of rotatable bonds is 9.